The zero-order chi connectivity index (χ0) is 13.1. The van der Waals surface area contributed by atoms with Gasteiger partial charge in [0.2, 0.25) is 0 Å². The summed E-state index contributed by atoms with van der Waals surface area (Å²) in [5, 5.41) is 7.84. The van der Waals surface area contributed by atoms with Crippen LogP contribution in [0.4, 0.5) is 0 Å². The molecule has 0 fully saturated rings. The molecule has 2 aromatic rings. The van der Waals surface area contributed by atoms with E-state index in [1.807, 2.05) is 0 Å². The number of halogens is 3. The lowest BCUT2D eigenvalue weighted by Gasteiger charge is -2.19. The van der Waals surface area contributed by atoms with Crippen molar-refractivity contribution in [2.24, 2.45) is 0 Å². The summed E-state index contributed by atoms with van der Waals surface area (Å²) in [6.07, 6.45) is 0. The number of nitrogens with one attached hydrogen (secondary N) is 1. The fourth-order valence-corrected chi connectivity index (χ4v) is 4.73. The third-order valence-corrected chi connectivity index (χ3v) is 5.25. The first-order chi connectivity index (χ1) is 8.61. The van der Waals surface area contributed by atoms with Crippen LogP contribution < -0.4 is 5.32 Å². The molecule has 0 aliphatic heterocycles. The summed E-state index contributed by atoms with van der Waals surface area (Å²) in [6.45, 7) is 3.05. The summed E-state index contributed by atoms with van der Waals surface area (Å²) in [5.41, 5.74) is 2.53. The van der Waals surface area contributed by atoms with Crippen LogP contribution in [0.25, 0.3) is 0 Å². The highest BCUT2D eigenvalue weighted by molar-refractivity contribution is 9.11. The molecule has 0 bridgehead atoms. The summed E-state index contributed by atoms with van der Waals surface area (Å²) >= 11 is 12.4. The molecule has 0 saturated heterocycles. The predicted molar refractivity (Wildman–Crippen MR) is 89.4 cm³/mol. The molecular weight excluding hydrogens is 442 g/mol. The fraction of sp³-hybridized carbons (Fsp3) is 0.231. The second-order valence-corrected chi connectivity index (χ2v) is 7.30. The van der Waals surface area contributed by atoms with Gasteiger partial charge in [0.15, 0.2) is 0 Å². The first-order valence-electron chi connectivity index (χ1n) is 5.52. The lowest BCUT2D eigenvalue weighted by Crippen LogP contribution is -2.21. The Balaban J connectivity index is 2.44. The van der Waals surface area contributed by atoms with Crippen LogP contribution in [0.3, 0.4) is 0 Å². The summed E-state index contributed by atoms with van der Waals surface area (Å²) in [7, 11) is 0. The molecule has 0 amide bonds. The average molecular weight is 454 g/mol. The van der Waals surface area contributed by atoms with Gasteiger partial charge in [-0.05, 0) is 57.2 Å². The number of thiophene rings is 1. The highest BCUT2D eigenvalue weighted by Crippen LogP contribution is 2.33. The summed E-state index contributed by atoms with van der Waals surface area (Å²) < 4.78 is 3.33. The van der Waals surface area contributed by atoms with Crippen molar-refractivity contribution in [3.05, 3.63) is 53.5 Å². The highest BCUT2D eigenvalue weighted by atomic mass is 79.9. The average Bonchev–Trinajstić information content (AvgIpc) is 2.71. The summed E-state index contributed by atoms with van der Waals surface area (Å²) in [4.78, 5) is 0. The second-order valence-electron chi connectivity index (χ2n) is 3.87. The molecule has 18 heavy (non-hydrogen) atoms. The molecule has 1 atom stereocenters. The van der Waals surface area contributed by atoms with Gasteiger partial charge in [-0.25, -0.2) is 0 Å². The Morgan fingerprint density at radius 3 is 2.28 bits per heavy atom. The predicted octanol–water partition coefficient (Wildman–Crippen LogP) is 5.73. The smallest absolute Gasteiger partial charge is 0.0596 e. The van der Waals surface area contributed by atoms with Gasteiger partial charge in [-0.1, -0.05) is 38.8 Å². The molecule has 2 rings (SSSR count). The Labute approximate surface area is 136 Å². The van der Waals surface area contributed by atoms with Crippen LogP contribution >= 0.6 is 59.1 Å². The van der Waals surface area contributed by atoms with Crippen LogP contribution in [0, 0.1) is 0 Å². The SMILES string of the molecule is CCNC(c1cc(Br)cc(Br)c1)c1cscc1Br. The Hall–Kier alpha value is 0.320. The van der Waals surface area contributed by atoms with E-state index in [-0.39, 0.29) is 6.04 Å². The van der Waals surface area contributed by atoms with Crippen molar-refractivity contribution in [2.75, 3.05) is 6.54 Å². The first-order valence-corrected chi connectivity index (χ1v) is 8.85. The quantitative estimate of drug-likeness (QED) is 0.622. The molecule has 0 saturated carbocycles. The lowest BCUT2D eigenvalue weighted by atomic mass is 10.0. The van der Waals surface area contributed by atoms with Gasteiger partial charge >= 0.3 is 0 Å². The first kappa shape index (κ1) is 14.7. The van der Waals surface area contributed by atoms with Gasteiger partial charge < -0.3 is 5.32 Å². The second kappa shape index (κ2) is 6.66. The van der Waals surface area contributed by atoms with E-state index in [0.29, 0.717) is 0 Å². The molecule has 0 spiro atoms. The van der Waals surface area contributed by atoms with Crippen LogP contribution in [0.1, 0.15) is 24.1 Å². The molecule has 0 aliphatic rings. The Morgan fingerprint density at radius 2 is 1.78 bits per heavy atom. The minimum atomic E-state index is 0.212. The third kappa shape index (κ3) is 3.45. The molecule has 5 heteroatoms. The van der Waals surface area contributed by atoms with Gasteiger partial charge in [-0.2, -0.15) is 11.3 Å². The fourth-order valence-electron chi connectivity index (χ4n) is 1.85. The van der Waals surface area contributed by atoms with Crippen molar-refractivity contribution < 1.29 is 0 Å². The van der Waals surface area contributed by atoms with E-state index in [2.05, 4.69) is 89.0 Å². The lowest BCUT2D eigenvalue weighted by molar-refractivity contribution is 0.630. The normalized spacial score (nSPS) is 12.7. The van der Waals surface area contributed by atoms with Crippen LogP contribution in [0.5, 0.6) is 0 Å². The van der Waals surface area contributed by atoms with Crippen LogP contribution in [0.15, 0.2) is 42.4 Å². The maximum absolute atomic E-state index is 3.62. The maximum Gasteiger partial charge on any atom is 0.0596 e. The number of benzene rings is 1. The molecule has 1 aromatic carbocycles. The van der Waals surface area contributed by atoms with Crippen molar-refractivity contribution in [3.63, 3.8) is 0 Å². The van der Waals surface area contributed by atoms with Crippen molar-refractivity contribution >= 4 is 59.1 Å². The largest absolute Gasteiger partial charge is 0.306 e. The molecule has 1 heterocycles. The van der Waals surface area contributed by atoms with E-state index >= 15 is 0 Å². The van der Waals surface area contributed by atoms with Gasteiger partial charge in [-0.15, -0.1) is 0 Å². The minimum Gasteiger partial charge on any atom is -0.306 e. The monoisotopic (exact) mass is 451 g/mol. The Morgan fingerprint density at radius 1 is 1.11 bits per heavy atom. The summed E-state index contributed by atoms with van der Waals surface area (Å²) in [5.74, 6) is 0. The van der Waals surface area contributed by atoms with Gasteiger partial charge in [0.1, 0.15) is 0 Å². The van der Waals surface area contributed by atoms with Crippen molar-refractivity contribution in [1.29, 1.82) is 0 Å². The van der Waals surface area contributed by atoms with Crippen LogP contribution in [0.2, 0.25) is 0 Å². The molecule has 0 aliphatic carbocycles. The van der Waals surface area contributed by atoms with Crippen molar-refractivity contribution in [2.45, 2.75) is 13.0 Å². The highest BCUT2D eigenvalue weighted by Gasteiger charge is 2.17. The van der Waals surface area contributed by atoms with Crippen molar-refractivity contribution in [3.8, 4) is 0 Å². The van der Waals surface area contributed by atoms with Crippen LogP contribution in [-0.4, -0.2) is 6.54 Å². The minimum absolute atomic E-state index is 0.212. The van der Waals surface area contributed by atoms with Crippen molar-refractivity contribution in [1.82, 2.24) is 5.32 Å². The molecular formula is C13H12Br3NS. The van der Waals surface area contributed by atoms with Crippen LogP contribution in [-0.2, 0) is 0 Å². The topological polar surface area (TPSA) is 12.0 Å². The molecule has 1 nitrogen and oxygen atoms in total. The third-order valence-electron chi connectivity index (χ3n) is 2.58. The number of hydrogen-bond donors (Lipinski definition) is 1. The van der Waals surface area contributed by atoms with E-state index in [1.54, 1.807) is 11.3 Å². The van der Waals surface area contributed by atoms with Gasteiger partial charge in [0.05, 0.1) is 6.04 Å². The van der Waals surface area contributed by atoms with E-state index in [1.165, 1.54) is 11.1 Å². The van der Waals surface area contributed by atoms with E-state index in [9.17, 15) is 0 Å². The zero-order valence-corrected chi connectivity index (χ0v) is 15.3. The molecule has 96 valence electrons. The molecule has 1 N–H and O–H groups in total. The number of hydrogen-bond acceptors (Lipinski definition) is 2. The van der Waals surface area contributed by atoms with Gasteiger partial charge in [0.25, 0.3) is 0 Å². The molecule has 0 radical (unpaired) electrons. The Bertz CT molecular complexity index is 519. The van der Waals surface area contributed by atoms with Gasteiger partial charge in [0, 0.05) is 18.8 Å². The van der Waals surface area contributed by atoms with E-state index in [0.717, 1.165) is 20.0 Å². The van der Waals surface area contributed by atoms with Gasteiger partial charge in [-0.3, -0.25) is 0 Å². The van der Waals surface area contributed by atoms with E-state index in [4.69, 9.17) is 0 Å². The molecule has 1 unspecified atom stereocenters. The standard InChI is InChI=1S/C13H12Br3NS/c1-2-17-13(11-6-18-7-12(11)16)8-3-9(14)5-10(15)4-8/h3-7,13,17H,2H2,1H3. The summed E-state index contributed by atoms with van der Waals surface area (Å²) in [6, 6.07) is 6.57. The number of rotatable bonds is 4. The maximum atomic E-state index is 3.62. The Kier molecular flexibility index (Phi) is 5.45. The molecule has 1 aromatic heterocycles. The van der Waals surface area contributed by atoms with E-state index < -0.39 is 0 Å². The zero-order valence-electron chi connectivity index (χ0n) is 9.71.